The Morgan fingerprint density at radius 3 is 1.81 bits per heavy atom. The smallest absolute Gasteiger partial charge is 0.343 e. The van der Waals surface area contributed by atoms with Crippen LogP contribution in [-0.4, -0.2) is 18.5 Å². The lowest BCUT2D eigenvalue weighted by molar-refractivity contribution is 0.0718. The molecule has 6 heteroatoms. The second-order valence-corrected chi connectivity index (χ2v) is 6.99. The highest BCUT2D eigenvalue weighted by Crippen LogP contribution is 2.25. The Hall–Kier alpha value is -4.06. The molecular weight excluding hydrogens is 408 g/mol. The van der Waals surface area contributed by atoms with E-state index in [1.54, 1.807) is 80.6 Å². The number of benzene rings is 3. The predicted octanol–water partition coefficient (Wildman–Crippen LogP) is 5.74. The van der Waals surface area contributed by atoms with Gasteiger partial charge in [-0.3, -0.25) is 0 Å². The van der Waals surface area contributed by atoms with E-state index in [0.717, 1.165) is 0 Å². The second-order valence-electron chi connectivity index (χ2n) is 6.99. The number of aryl methyl sites for hydroxylation is 1. The summed E-state index contributed by atoms with van der Waals surface area (Å²) >= 11 is 0. The number of hydrogen-bond donors (Lipinski definition) is 0. The molecule has 3 aromatic rings. The fraction of sp³-hybridized carbons (Fsp3) is 0.154. The Kier molecular flexibility index (Phi) is 7.29. The van der Waals surface area contributed by atoms with E-state index in [-0.39, 0.29) is 0 Å². The molecular formula is C26H24O6. The molecule has 0 N–H and O–H groups in total. The van der Waals surface area contributed by atoms with E-state index in [4.69, 9.17) is 18.9 Å². The van der Waals surface area contributed by atoms with Crippen molar-refractivity contribution >= 4 is 11.9 Å². The number of hydrogen-bond acceptors (Lipinski definition) is 6. The third kappa shape index (κ3) is 5.98. The standard InChI is InChI=1S/C26H24O6/c1-5-29-21-10-6-19(7-11-21)25(27)31-23-14-15-24(18(4)16-23)32-26(28)20-8-12-22(13-9-20)30-17(2)3/h6-16H,2,5H2,1,3-4H3. The van der Waals surface area contributed by atoms with Crippen LogP contribution >= 0.6 is 0 Å². The quantitative estimate of drug-likeness (QED) is 0.257. The highest BCUT2D eigenvalue weighted by Gasteiger charge is 2.13. The molecule has 0 atom stereocenters. The van der Waals surface area contributed by atoms with Gasteiger partial charge in [-0.25, -0.2) is 9.59 Å². The molecule has 0 amide bonds. The average molecular weight is 432 g/mol. The molecule has 6 nitrogen and oxygen atoms in total. The molecule has 0 radical (unpaired) electrons. The number of esters is 2. The zero-order valence-corrected chi connectivity index (χ0v) is 18.2. The number of carbonyl (C=O) groups excluding carboxylic acids is 2. The van der Waals surface area contributed by atoms with Crippen molar-refractivity contribution in [1.29, 1.82) is 0 Å². The lowest BCUT2D eigenvalue weighted by Gasteiger charge is -2.11. The Morgan fingerprint density at radius 2 is 1.28 bits per heavy atom. The first kappa shape index (κ1) is 22.6. The number of ether oxygens (including phenoxy) is 4. The van der Waals surface area contributed by atoms with E-state index in [0.29, 0.717) is 52.1 Å². The van der Waals surface area contributed by atoms with Gasteiger partial charge in [-0.1, -0.05) is 6.58 Å². The van der Waals surface area contributed by atoms with Crippen molar-refractivity contribution < 1.29 is 28.5 Å². The van der Waals surface area contributed by atoms with E-state index in [1.807, 2.05) is 6.92 Å². The van der Waals surface area contributed by atoms with E-state index in [1.165, 1.54) is 0 Å². The Balaban J connectivity index is 1.63. The Labute approximate surface area is 187 Å². The first-order valence-electron chi connectivity index (χ1n) is 10.1. The van der Waals surface area contributed by atoms with Gasteiger partial charge < -0.3 is 18.9 Å². The molecule has 3 rings (SSSR count). The van der Waals surface area contributed by atoms with Crippen LogP contribution in [0.3, 0.4) is 0 Å². The van der Waals surface area contributed by atoms with Crippen molar-refractivity contribution in [3.63, 3.8) is 0 Å². The van der Waals surface area contributed by atoms with Gasteiger partial charge in [0.05, 0.1) is 23.5 Å². The van der Waals surface area contributed by atoms with Crippen molar-refractivity contribution in [2.45, 2.75) is 20.8 Å². The molecule has 0 aromatic heterocycles. The third-order valence-corrected chi connectivity index (χ3v) is 4.34. The van der Waals surface area contributed by atoms with Gasteiger partial charge in [-0.15, -0.1) is 0 Å². The van der Waals surface area contributed by atoms with Gasteiger partial charge in [-0.2, -0.15) is 0 Å². The highest BCUT2D eigenvalue weighted by atomic mass is 16.5. The van der Waals surface area contributed by atoms with Gasteiger partial charge in [0.1, 0.15) is 23.0 Å². The van der Waals surface area contributed by atoms with Crippen LogP contribution in [0.5, 0.6) is 23.0 Å². The molecule has 0 fully saturated rings. The van der Waals surface area contributed by atoms with Crippen LogP contribution in [-0.2, 0) is 0 Å². The summed E-state index contributed by atoms with van der Waals surface area (Å²) in [6.45, 7) is 9.62. The van der Waals surface area contributed by atoms with Crippen LogP contribution in [0.1, 0.15) is 40.1 Å². The first-order valence-corrected chi connectivity index (χ1v) is 10.1. The minimum Gasteiger partial charge on any atom is -0.494 e. The van der Waals surface area contributed by atoms with Crippen LogP contribution in [0.2, 0.25) is 0 Å². The van der Waals surface area contributed by atoms with Crippen LogP contribution in [0.4, 0.5) is 0 Å². The van der Waals surface area contributed by atoms with E-state index in [9.17, 15) is 9.59 Å². The normalized spacial score (nSPS) is 10.2. The lowest BCUT2D eigenvalue weighted by atomic mass is 10.2. The summed E-state index contributed by atoms with van der Waals surface area (Å²) in [5.74, 6) is 1.55. The Bertz CT molecular complexity index is 1110. The molecule has 0 saturated heterocycles. The summed E-state index contributed by atoms with van der Waals surface area (Å²) in [5.41, 5.74) is 1.43. The molecule has 0 spiro atoms. The van der Waals surface area contributed by atoms with E-state index >= 15 is 0 Å². The zero-order valence-electron chi connectivity index (χ0n) is 18.2. The zero-order chi connectivity index (χ0) is 23.1. The summed E-state index contributed by atoms with van der Waals surface area (Å²) in [6, 6.07) is 18.1. The van der Waals surface area contributed by atoms with E-state index < -0.39 is 11.9 Å². The predicted molar refractivity (Wildman–Crippen MR) is 121 cm³/mol. The molecule has 0 aliphatic heterocycles. The maximum atomic E-state index is 12.4. The summed E-state index contributed by atoms with van der Waals surface area (Å²) in [6.07, 6.45) is 0. The third-order valence-electron chi connectivity index (χ3n) is 4.34. The van der Waals surface area contributed by atoms with Gasteiger partial charge in [0.2, 0.25) is 0 Å². The van der Waals surface area contributed by atoms with Crippen molar-refractivity contribution in [3.05, 3.63) is 95.8 Å². The molecule has 164 valence electrons. The summed E-state index contributed by atoms with van der Waals surface area (Å²) < 4.78 is 21.7. The van der Waals surface area contributed by atoms with Crippen molar-refractivity contribution in [2.24, 2.45) is 0 Å². The van der Waals surface area contributed by atoms with Gasteiger partial charge in [-0.05, 0) is 93.1 Å². The maximum absolute atomic E-state index is 12.4. The van der Waals surface area contributed by atoms with E-state index in [2.05, 4.69) is 6.58 Å². The number of allylic oxidation sites excluding steroid dienone is 1. The molecule has 0 aliphatic rings. The SMILES string of the molecule is C=C(C)Oc1ccc(C(=O)Oc2ccc(OC(=O)c3ccc(OCC)cc3)cc2C)cc1. The molecule has 0 aliphatic carbocycles. The van der Waals surface area contributed by atoms with Crippen molar-refractivity contribution in [2.75, 3.05) is 6.61 Å². The number of carbonyl (C=O) groups is 2. The molecule has 0 heterocycles. The van der Waals surface area contributed by atoms with Crippen molar-refractivity contribution in [3.8, 4) is 23.0 Å². The van der Waals surface area contributed by atoms with Gasteiger partial charge in [0.25, 0.3) is 0 Å². The molecule has 0 saturated carbocycles. The fourth-order valence-electron chi connectivity index (χ4n) is 2.84. The van der Waals surface area contributed by atoms with Crippen LogP contribution in [0, 0.1) is 6.92 Å². The first-order chi connectivity index (χ1) is 15.4. The Morgan fingerprint density at radius 1 is 0.750 bits per heavy atom. The monoisotopic (exact) mass is 432 g/mol. The van der Waals surface area contributed by atoms with Crippen molar-refractivity contribution in [1.82, 2.24) is 0 Å². The topological polar surface area (TPSA) is 71.1 Å². The maximum Gasteiger partial charge on any atom is 0.343 e. The number of rotatable bonds is 8. The van der Waals surface area contributed by atoms with Gasteiger partial charge in [0.15, 0.2) is 0 Å². The molecule has 32 heavy (non-hydrogen) atoms. The second kappa shape index (κ2) is 10.3. The average Bonchev–Trinajstić information content (AvgIpc) is 2.76. The molecule has 0 bridgehead atoms. The lowest BCUT2D eigenvalue weighted by Crippen LogP contribution is -2.10. The summed E-state index contributed by atoms with van der Waals surface area (Å²) in [7, 11) is 0. The minimum absolute atomic E-state index is 0.350. The fourth-order valence-corrected chi connectivity index (χ4v) is 2.84. The summed E-state index contributed by atoms with van der Waals surface area (Å²) in [4.78, 5) is 24.8. The van der Waals surface area contributed by atoms with Gasteiger partial charge >= 0.3 is 11.9 Å². The minimum atomic E-state index is -0.505. The van der Waals surface area contributed by atoms with Crippen LogP contribution in [0.25, 0.3) is 0 Å². The molecule has 0 unspecified atom stereocenters. The van der Waals surface area contributed by atoms with Crippen LogP contribution in [0.15, 0.2) is 79.1 Å². The summed E-state index contributed by atoms with van der Waals surface area (Å²) in [5, 5.41) is 0. The highest BCUT2D eigenvalue weighted by molar-refractivity contribution is 5.92. The largest absolute Gasteiger partial charge is 0.494 e. The van der Waals surface area contributed by atoms with Gasteiger partial charge in [0, 0.05) is 0 Å². The van der Waals surface area contributed by atoms with Crippen LogP contribution < -0.4 is 18.9 Å². The molecule has 3 aromatic carbocycles.